The Morgan fingerprint density at radius 1 is 0.612 bits per heavy atom. The Hall–Kier alpha value is -3.15. The maximum absolute atomic E-state index is 11.1. The largest absolute Gasteiger partial charge is 0.466 e. The monoisotopic (exact) mass is 939 g/mol. The molecule has 2 aliphatic rings. The molecule has 0 heterocycles. The number of rotatable bonds is 15. The van der Waals surface area contributed by atoms with Crippen LogP contribution in [-0.4, -0.2) is 37.2 Å². The number of fused-ring (bicyclic) bond motifs is 2. The summed E-state index contributed by atoms with van der Waals surface area (Å²) in [6.45, 7) is 49.2. The van der Waals surface area contributed by atoms with Crippen LogP contribution in [0.25, 0.3) is 0 Å². The van der Waals surface area contributed by atoms with Gasteiger partial charge in [-0.1, -0.05) is 173 Å². The van der Waals surface area contributed by atoms with E-state index < -0.39 is 0 Å². The van der Waals surface area contributed by atoms with Crippen LogP contribution in [0.3, 0.4) is 0 Å². The first-order valence-electron chi connectivity index (χ1n) is 27.0. The molecule has 0 spiro atoms. The highest BCUT2D eigenvalue weighted by atomic mass is 16.5. The molecular formula is C61H110O6. The van der Waals surface area contributed by atoms with E-state index in [0.29, 0.717) is 24.5 Å². The van der Waals surface area contributed by atoms with E-state index in [1.165, 1.54) is 54.9 Å². The lowest BCUT2D eigenvalue weighted by atomic mass is 9.77. The zero-order chi connectivity index (χ0) is 52.5. The lowest BCUT2D eigenvalue weighted by molar-refractivity contribution is -0.153. The fourth-order valence-corrected chi connectivity index (χ4v) is 7.31. The summed E-state index contributed by atoms with van der Waals surface area (Å²) in [5.74, 6) is 6.54. The summed E-state index contributed by atoms with van der Waals surface area (Å²) in [6.07, 6.45) is 11.7. The average molecular weight is 940 g/mol. The second kappa shape index (κ2) is 37.7. The zero-order valence-electron chi connectivity index (χ0n) is 48.2. The SMILES string of the molecule is CC1CC2CC1C(C)C2C.CCC(C)C.CCC(C)OC(C)=O.CCOC(=O)C(C)(C)CC.CCOC(=O)C(C)CC.CCc1ccc(C(C)(C)CC)cc1.CCc1ccc(C(C)CC)cc1. The van der Waals surface area contributed by atoms with Crippen molar-refractivity contribution in [2.45, 2.75) is 241 Å². The van der Waals surface area contributed by atoms with Crippen LogP contribution in [-0.2, 0) is 46.9 Å². The summed E-state index contributed by atoms with van der Waals surface area (Å²) in [4.78, 5) is 32.0. The first kappa shape index (κ1) is 68.1. The Kier molecular flexibility index (Phi) is 38.3. The van der Waals surface area contributed by atoms with Crippen LogP contribution in [0.1, 0.15) is 239 Å². The van der Waals surface area contributed by atoms with Gasteiger partial charge in [-0.3, -0.25) is 14.4 Å². The molecule has 2 aliphatic carbocycles. The van der Waals surface area contributed by atoms with E-state index in [9.17, 15) is 14.4 Å². The number of aryl methyl sites for hydroxylation is 2. The van der Waals surface area contributed by atoms with E-state index in [-0.39, 0.29) is 35.3 Å². The van der Waals surface area contributed by atoms with Crippen molar-refractivity contribution in [1.82, 2.24) is 0 Å². The molecule has 2 bridgehead atoms. The van der Waals surface area contributed by atoms with Crippen molar-refractivity contribution in [3.63, 3.8) is 0 Å². The van der Waals surface area contributed by atoms with Crippen LogP contribution >= 0.6 is 0 Å². The van der Waals surface area contributed by atoms with Gasteiger partial charge in [-0.25, -0.2) is 0 Å². The number of esters is 3. The maximum atomic E-state index is 11.1. The van der Waals surface area contributed by atoms with Gasteiger partial charge in [-0.05, 0) is 162 Å². The third kappa shape index (κ3) is 29.5. The highest BCUT2D eigenvalue weighted by molar-refractivity contribution is 5.75. The molecule has 6 heteroatoms. The van der Waals surface area contributed by atoms with Crippen molar-refractivity contribution in [2.75, 3.05) is 13.2 Å². The Labute approximate surface area is 416 Å². The third-order valence-electron chi connectivity index (χ3n) is 14.6. The zero-order valence-corrected chi connectivity index (χ0v) is 48.2. The molecule has 4 rings (SSSR count). The summed E-state index contributed by atoms with van der Waals surface area (Å²) in [6, 6.07) is 18.0. The highest BCUT2D eigenvalue weighted by Gasteiger charge is 2.46. The highest BCUT2D eigenvalue weighted by Crippen LogP contribution is 2.54. The van der Waals surface area contributed by atoms with E-state index in [4.69, 9.17) is 14.2 Å². The van der Waals surface area contributed by atoms with Crippen molar-refractivity contribution >= 4 is 17.9 Å². The van der Waals surface area contributed by atoms with Crippen LogP contribution in [0.5, 0.6) is 0 Å². The molecule has 0 aliphatic heterocycles. The molecule has 2 aromatic rings. The van der Waals surface area contributed by atoms with Gasteiger partial charge in [0.2, 0.25) is 0 Å². The van der Waals surface area contributed by atoms with Gasteiger partial charge in [0.15, 0.2) is 0 Å². The molecule has 67 heavy (non-hydrogen) atoms. The standard InChI is InChI=1S/C13H20.C12H18.C10H18.C8H16O2.C7H14O2.C6H12O2.C5H12/c1-5-11-7-9-12(10-8-11)13(3,4)6-2;1-4-10(3)12-8-6-11(5-2)7-9-12;1-6-4-9-5-10(6)8(3)7(9)2;1-5-8(3,4)7(9)10-6-2;1-4-6(3)7(8)9-5-2;1-4-5(2)8-6(3)7;1-4-5(2)3/h7-10H,5-6H2,1-4H3;6-10H,4-5H2,1-3H3;6-10H,4-5H2,1-3H3;5-6H2,1-4H3;6H,4-5H2,1-3H3;5H,4H2,1-3H3;5H,4H2,1-3H3. The average Bonchev–Trinajstić information content (AvgIpc) is 3.84. The molecule has 8 atom stereocenters. The Bertz CT molecular complexity index is 1520. The molecule has 2 aromatic carbocycles. The normalized spacial score (nSPS) is 19.1. The Morgan fingerprint density at radius 3 is 1.39 bits per heavy atom. The molecule has 0 amide bonds. The van der Waals surface area contributed by atoms with Gasteiger partial charge in [-0.2, -0.15) is 0 Å². The minimum atomic E-state index is -0.310. The van der Waals surface area contributed by atoms with Crippen molar-refractivity contribution in [3.8, 4) is 0 Å². The molecule has 390 valence electrons. The maximum Gasteiger partial charge on any atom is 0.311 e. The van der Waals surface area contributed by atoms with E-state index >= 15 is 0 Å². The lowest BCUT2D eigenvalue weighted by Gasteiger charge is -2.29. The summed E-state index contributed by atoms with van der Waals surface area (Å²) in [5.41, 5.74) is 5.79. The molecule has 0 saturated heterocycles. The molecular weight excluding hydrogens is 829 g/mol. The van der Waals surface area contributed by atoms with E-state index in [1.54, 1.807) is 6.42 Å². The fraction of sp³-hybridized carbons (Fsp3) is 0.754. The van der Waals surface area contributed by atoms with Gasteiger partial charge in [0.25, 0.3) is 0 Å². The minimum Gasteiger partial charge on any atom is -0.466 e. The number of ether oxygens (including phenoxy) is 3. The quantitative estimate of drug-likeness (QED) is 0.131. The molecule has 0 radical (unpaired) electrons. The Balaban J connectivity index is -0.000000724. The lowest BCUT2D eigenvalue weighted by Crippen LogP contribution is -2.25. The number of hydrogen-bond acceptors (Lipinski definition) is 6. The van der Waals surface area contributed by atoms with Crippen molar-refractivity contribution in [2.24, 2.45) is 46.8 Å². The summed E-state index contributed by atoms with van der Waals surface area (Å²) in [7, 11) is 0. The van der Waals surface area contributed by atoms with Gasteiger partial charge in [0, 0.05) is 6.92 Å². The van der Waals surface area contributed by atoms with Crippen LogP contribution in [0, 0.1) is 46.8 Å². The summed E-state index contributed by atoms with van der Waals surface area (Å²) >= 11 is 0. The molecule has 2 fully saturated rings. The van der Waals surface area contributed by atoms with Crippen LogP contribution < -0.4 is 0 Å². The van der Waals surface area contributed by atoms with Crippen LogP contribution in [0.2, 0.25) is 0 Å². The summed E-state index contributed by atoms with van der Waals surface area (Å²) in [5, 5.41) is 0. The van der Waals surface area contributed by atoms with Gasteiger partial charge in [-0.15, -0.1) is 0 Å². The number of carbonyl (C=O) groups excluding carboxylic acids is 3. The number of benzene rings is 2. The summed E-state index contributed by atoms with van der Waals surface area (Å²) < 4.78 is 14.4. The number of carbonyl (C=O) groups is 3. The first-order chi connectivity index (χ1) is 31.3. The van der Waals surface area contributed by atoms with Crippen molar-refractivity contribution in [3.05, 3.63) is 70.8 Å². The smallest absolute Gasteiger partial charge is 0.311 e. The molecule has 8 unspecified atom stereocenters. The van der Waals surface area contributed by atoms with Crippen molar-refractivity contribution in [1.29, 1.82) is 0 Å². The predicted octanol–water partition coefficient (Wildman–Crippen LogP) is 17.6. The van der Waals surface area contributed by atoms with Gasteiger partial charge in [0.05, 0.1) is 30.7 Å². The molecule has 2 saturated carbocycles. The van der Waals surface area contributed by atoms with Crippen molar-refractivity contribution < 1.29 is 28.6 Å². The predicted molar refractivity (Wildman–Crippen MR) is 291 cm³/mol. The number of hydrogen-bond donors (Lipinski definition) is 0. The topological polar surface area (TPSA) is 78.9 Å². The van der Waals surface area contributed by atoms with E-state index in [0.717, 1.165) is 67.6 Å². The van der Waals surface area contributed by atoms with E-state index in [2.05, 4.69) is 139 Å². The fourth-order valence-electron chi connectivity index (χ4n) is 7.31. The molecule has 0 N–H and O–H groups in total. The van der Waals surface area contributed by atoms with Crippen LogP contribution in [0.15, 0.2) is 48.5 Å². The van der Waals surface area contributed by atoms with Crippen LogP contribution in [0.4, 0.5) is 0 Å². The van der Waals surface area contributed by atoms with Gasteiger partial charge >= 0.3 is 17.9 Å². The minimum absolute atomic E-state index is 0.0601. The third-order valence-corrected chi connectivity index (χ3v) is 14.6. The second-order valence-corrected chi connectivity index (χ2v) is 20.9. The first-order valence-corrected chi connectivity index (χ1v) is 27.0. The van der Waals surface area contributed by atoms with E-state index in [1.807, 2.05) is 62.3 Å². The molecule has 0 aromatic heterocycles. The second-order valence-electron chi connectivity index (χ2n) is 20.9. The van der Waals surface area contributed by atoms with Gasteiger partial charge in [0.1, 0.15) is 0 Å². The Morgan fingerprint density at radius 2 is 1.09 bits per heavy atom. The molecule has 6 nitrogen and oxygen atoms in total. The van der Waals surface area contributed by atoms with Gasteiger partial charge < -0.3 is 14.2 Å².